The van der Waals surface area contributed by atoms with Crippen molar-refractivity contribution in [1.82, 2.24) is 20.6 Å². The predicted octanol–water partition coefficient (Wildman–Crippen LogP) is -2.80. The van der Waals surface area contributed by atoms with Gasteiger partial charge in [-0.25, -0.2) is 10.2 Å². The third kappa shape index (κ3) is 3.37. The van der Waals surface area contributed by atoms with Crippen molar-refractivity contribution in [2.24, 2.45) is 0 Å². The Bertz CT molecular complexity index is 572. The van der Waals surface area contributed by atoms with Crippen LogP contribution >= 0.6 is 0 Å². The maximum Gasteiger partial charge on any atom is 0.330 e. The lowest BCUT2D eigenvalue weighted by atomic mass is 10.1. The fraction of sp³-hybridized carbons (Fsp3) is 0.636. The topological polar surface area (TPSA) is 138 Å². The van der Waals surface area contributed by atoms with E-state index in [0.717, 1.165) is 10.6 Å². The van der Waals surface area contributed by atoms with Crippen molar-refractivity contribution in [2.45, 2.75) is 31.5 Å². The molecule has 5 N–H and O–H groups in total. The summed E-state index contributed by atoms with van der Waals surface area (Å²) >= 11 is 0. The van der Waals surface area contributed by atoms with Crippen LogP contribution in [0, 0.1) is 0 Å². The molecule has 2 heterocycles. The van der Waals surface area contributed by atoms with Gasteiger partial charge in [0, 0.05) is 18.8 Å². The average Bonchev–Trinajstić information content (AvgIpc) is 2.76. The average molecular weight is 302 g/mol. The van der Waals surface area contributed by atoms with E-state index in [2.05, 4.69) is 16.0 Å². The van der Waals surface area contributed by atoms with Gasteiger partial charge in [-0.15, -0.1) is 5.59 Å². The molecule has 4 atom stereocenters. The largest absolute Gasteiger partial charge is 0.394 e. The first-order chi connectivity index (χ1) is 10.1. The van der Waals surface area contributed by atoms with Crippen LogP contribution in [0.1, 0.15) is 13.2 Å². The molecule has 0 saturated carbocycles. The molecule has 0 amide bonds. The summed E-state index contributed by atoms with van der Waals surface area (Å²) < 4.78 is 6.50. The van der Waals surface area contributed by atoms with Gasteiger partial charge in [0.2, 0.25) is 0 Å². The summed E-state index contributed by atoms with van der Waals surface area (Å²) in [7, 11) is 0. The number of aromatic nitrogens is 2. The van der Waals surface area contributed by atoms with Crippen LogP contribution in [0.3, 0.4) is 0 Å². The molecule has 10 nitrogen and oxygen atoms in total. The molecule has 0 aromatic carbocycles. The second kappa shape index (κ2) is 6.93. The summed E-state index contributed by atoms with van der Waals surface area (Å²) in [5, 5.41) is 19.2. The Morgan fingerprint density at radius 1 is 1.52 bits per heavy atom. The Morgan fingerprint density at radius 2 is 2.29 bits per heavy atom. The highest BCUT2D eigenvalue weighted by molar-refractivity contribution is 4.93. The number of aliphatic hydroxyl groups is 2. The molecule has 2 rings (SSSR count). The van der Waals surface area contributed by atoms with Gasteiger partial charge in [0.1, 0.15) is 12.2 Å². The molecule has 1 aromatic rings. The van der Waals surface area contributed by atoms with Crippen LogP contribution in [0.15, 0.2) is 21.9 Å². The standard InChI is InChI=1S/C11H18N4O6/c1-2-12-14-21-9-8(18)6(5-16)20-10(9)15-4-3-7(17)13-11(15)19/h3-4,6,8-10,12,14,16,18H,2,5H2,1H3,(H,13,17,19)/t6-,8?,9?,10-/m0/s1. The molecule has 0 aliphatic carbocycles. The number of nitrogens with one attached hydrogen (secondary N) is 3. The minimum Gasteiger partial charge on any atom is -0.394 e. The van der Waals surface area contributed by atoms with Crippen molar-refractivity contribution in [3.05, 3.63) is 33.1 Å². The van der Waals surface area contributed by atoms with Crippen LogP contribution in [-0.4, -0.2) is 51.2 Å². The van der Waals surface area contributed by atoms with Crippen LogP contribution in [0.4, 0.5) is 0 Å². The van der Waals surface area contributed by atoms with E-state index >= 15 is 0 Å². The molecule has 1 saturated heterocycles. The summed E-state index contributed by atoms with van der Waals surface area (Å²) in [5.74, 6) is 0. The monoisotopic (exact) mass is 302 g/mol. The minimum absolute atomic E-state index is 0.434. The van der Waals surface area contributed by atoms with Gasteiger partial charge in [-0.3, -0.25) is 19.2 Å². The normalized spacial score (nSPS) is 28.9. The quantitative estimate of drug-likeness (QED) is 0.281. The van der Waals surface area contributed by atoms with E-state index in [1.807, 2.05) is 6.92 Å². The smallest absolute Gasteiger partial charge is 0.330 e. The fourth-order valence-corrected chi connectivity index (χ4v) is 2.03. The number of ether oxygens (including phenoxy) is 1. The third-order valence-electron chi connectivity index (χ3n) is 3.06. The lowest BCUT2D eigenvalue weighted by molar-refractivity contribution is -0.124. The Labute approximate surface area is 119 Å². The molecule has 1 fully saturated rings. The van der Waals surface area contributed by atoms with Crippen molar-refractivity contribution in [3.8, 4) is 0 Å². The second-order valence-electron chi connectivity index (χ2n) is 4.47. The summed E-state index contributed by atoms with van der Waals surface area (Å²) in [6.07, 6.45) is -2.76. The third-order valence-corrected chi connectivity index (χ3v) is 3.06. The zero-order valence-electron chi connectivity index (χ0n) is 11.4. The molecule has 0 bridgehead atoms. The van der Waals surface area contributed by atoms with Crippen LogP contribution in [0.5, 0.6) is 0 Å². The van der Waals surface area contributed by atoms with E-state index in [-0.39, 0.29) is 0 Å². The second-order valence-corrected chi connectivity index (χ2v) is 4.47. The highest BCUT2D eigenvalue weighted by atomic mass is 16.7. The van der Waals surface area contributed by atoms with Gasteiger partial charge in [-0.2, -0.15) is 0 Å². The molecule has 0 spiro atoms. The maximum absolute atomic E-state index is 11.8. The first-order valence-electron chi connectivity index (χ1n) is 6.47. The highest BCUT2D eigenvalue weighted by Crippen LogP contribution is 2.29. The van der Waals surface area contributed by atoms with Gasteiger partial charge in [-0.1, -0.05) is 6.92 Å². The van der Waals surface area contributed by atoms with E-state index in [0.29, 0.717) is 6.54 Å². The summed E-state index contributed by atoms with van der Waals surface area (Å²) in [6.45, 7) is 1.96. The zero-order valence-corrected chi connectivity index (χ0v) is 11.4. The van der Waals surface area contributed by atoms with Gasteiger partial charge < -0.3 is 14.9 Å². The van der Waals surface area contributed by atoms with E-state index in [1.54, 1.807) is 0 Å². The molecule has 2 unspecified atom stereocenters. The maximum atomic E-state index is 11.8. The molecule has 1 aromatic heterocycles. The van der Waals surface area contributed by atoms with Crippen molar-refractivity contribution < 1.29 is 19.8 Å². The zero-order chi connectivity index (χ0) is 15.4. The SMILES string of the molecule is CCNNOC1C(O)[C@H](CO)O[C@@H]1n1ccc(=O)[nH]c1=O. The number of hydrazine groups is 1. The fourth-order valence-electron chi connectivity index (χ4n) is 2.03. The Morgan fingerprint density at radius 3 is 2.90 bits per heavy atom. The van der Waals surface area contributed by atoms with Crippen LogP contribution in [-0.2, 0) is 9.57 Å². The first-order valence-corrected chi connectivity index (χ1v) is 6.47. The van der Waals surface area contributed by atoms with Crippen molar-refractivity contribution in [3.63, 3.8) is 0 Å². The lowest BCUT2D eigenvalue weighted by Gasteiger charge is -2.21. The molecule has 118 valence electrons. The number of hydrogen-bond donors (Lipinski definition) is 5. The van der Waals surface area contributed by atoms with Crippen LogP contribution in [0.25, 0.3) is 0 Å². The predicted molar refractivity (Wildman–Crippen MR) is 70.0 cm³/mol. The molecule has 21 heavy (non-hydrogen) atoms. The van der Waals surface area contributed by atoms with Crippen molar-refractivity contribution >= 4 is 0 Å². The number of hydrogen-bond acceptors (Lipinski definition) is 8. The number of nitrogens with zero attached hydrogens (tertiary/aromatic N) is 1. The summed E-state index contributed by atoms with van der Waals surface area (Å²) in [6, 6.07) is 1.15. The molecule has 10 heteroatoms. The summed E-state index contributed by atoms with van der Waals surface area (Å²) in [5.41, 5.74) is 3.86. The van der Waals surface area contributed by atoms with Gasteiger partial charge in [0.15, 0.2) is 12.3 Å². The van der Waals surface area contributed by atoms with Crippen molar-refractivity contribution in [1.29, 1.82) is 0 Å². The van der Waals surface area contributed by atoms with Gasteiger partial charge in [0.05, 0.1) is 6.61 Å². The van der Waals surface area contributed by atoms with Gasteiger partial charge >= 0.3 is 5.69 Å². The molecule has 1 aliphatic rings. The van der Waals surface area contributed by atoms with Gasteiger partial charge in [-0.05, 0) is 0 Å². The molecule has 0 radical (unpaired) electrons. The number of H-pyrrole nitrogens is 1. The van der Waals surface area contributed by atoms with Gasteiger partial charge in [0.25, 0.3) is 5.56 Å². The molecular weight excluding hydrogens is 284 g/mol. The number of aliphatic hydroxyl groups excluding tert-OH is 2. The minimum atomic E-state index is -1.15. The van der Waals surface area contributed by atoms with Crippen molar-refractivity contribution in [2.75, 3.05) is 13.2 Å². The molecule has 1 aliphatic heterocycles. The lowest BCUT2D eigenvalue weighted by Crippen LogP contribution is -2.45. The Balaban J connectivity index is 2.25. The number of rotatable bonds is 6. The first kappa shape index (κ1) is 15.8. The molecular formula is C11H18N4O6. The Hall–Kier alpha value is -1.56. The van der Waals surface area contributed by atoms with E-state index in [4.69, 9.17) is 9.57 Å². The Kier molecular flexibility index (Phi) is 5.22. The number of aromatic amines is 1. The highest BCUT2D eigenvalue weighted by Gasteiger charge is 2.46. The van der Waals surface area contributed by atoms with E-state index in [1.165, 1.54) is 6.20 Å². The van der Waals surface area contributed by atoms with Crippen LogP contribution in [0.2, 0.25) is 0 Å². The van der Waals surface area contributed by atoms with E-state index < -0.39 is 42.4 Å². The summed E-state index contributed by atoms with van der Waals surface area (Å²) in [4.78, 5) is 30.2. The van der Waals surface area contributed by atoms with Crippen LogP contribution < -0.4 is 22.3 Å². The van der Waals surface area contributed by atoms with E-state index in [9.17, 15) is 19.8 Å².